The highest BCUT2D eigenvalue weighted by Crippen LogP contribution is 2.37. The fraction of sp³-hybridized carbons (Fsp3) is 0.238. The summed E-state index contributed by atoms with van der Waals surface area (Å²) in [5, 5.41) is 3.87. The number of thiophene rings is 1. The van der Waals surface area contributed by atoms with Crippen LogP contribution in [-0.4, -0.2) is 28.9 Å². The van der Waals surface area contributed by atoms with Gasteiger partial charge < -0.3 is 11.1 Å². The quantitative estimate of drug-likeness (QED) is 0.641. The second kappa shape index (κ2) is 7.69. The summed E-state index contributed by atoms with van der Waals surface area (Å²) in [6.45, 7) is 4.34. The van der Waals surface area contributed by atoms with E-state index in [0.29, 0.717) is 16.4 Å². The summed E-state index contributed by atoms with van der Waals surface area (Å²) < 4.78 is 13.2. The highest BCUT2D eigenvalue weighted by atomic mass is 32.1. The molecule has 144 valence electrons. The largest absolute Gasteiger partial charge is 0.366 e. The zero-order chi connectivity index (χ0) is 19.7. The molecule has 1 aromatic carbocycles. The number of halogens is 1. The minimum Gasteiger partial charge on any atom is -0.366 e. The van der Waals surface area contributed by atoms with Crippen molar-refractivity contribution in [3.05, 3.63) is 65.6 Å². The van der Waals surface area contributed by atoms with E-state index in [1.807, 2.05) is 18.2 Å². The number of hydrogen-bond acceptors (Lipinski definition) is 5. The van der Waals surface area contributed by atoms with E-state index in [4.69, 9.17) is 10.7 Å². The molecule has 1 fully saturated rings. The maximum absolute atomic E-state index is 13.2. The summed E-state index contributed by atoms with van der Waals surface area (Å²) >= 11 is 1.39. The van der Waals surface area contributed by atoms with Crippen LogP contribution in [-0.2, 0) is 0 Å². The summed E-state index contributed by atoms with van der Waals surface area (Å²) in [4.78, 5) is 19.8. The van der Waals surface area contributed by atoms with Gasteiger partial charge in [-0.1, -0.05) is 18.2 Å². The number of anilines is 2. The molecule has 0 saturated carbocycles. The van der Waals surface area contributed by atoms with Crippen LogP contribution >= 0.6 is 11.3 Å². The van der Waals surface area contributed by atoms with E-state index in [1.165, 1.54) is 29.9 Å². The number of pyridine rings is 1. The van der Waals surface area contributed by atoms with E-state index in [1.54, 1.807) is 18.2 Å². The number of carbonyl (C=O) groups is 1. The lowest BCUT2D eigenvalue weighted by molar-refractivity contribution is 0.100. The van der Waals surface area contributed by atoms with Crippen LogP contribution in [0.4, 0.5) is 15.2 Å². The van der Waals surface area contributed by atoms with E-state index in [9.17, 15) is 9.18 Å². The third-order valence-corrected chi connectivity index (χ3v) is 6.10. The van der Waals surface area contributed by atoms with Crippen molar-refractivity contribution in [1.82, 2.24) is 9.88 Å². The number of nitrogens with zero attached hydrogens (tertiary/aromatic N) is 2. The molecule has 3 N–H and O–H groups in total. The van der Waals surface area contributed by atoms with E-state index >= 15 is 0 Å². The van der Waals surface area contributed by atoms with Gasteiger partial charge in [-0.3, -0.25) is 9.69 Å². The Morgan fingerprint density at radius 1 is 1.25 bits per heavy atom. The number of nitrogens with one attached hydrogen (secondary N) is 1. The zero-order valence-corrected chi connectivity index (χ0v) is 16.3. The van der Waals surface area contributed by atoms with Gasteiger partial charge in [-0.05, 0) is 49.2 Å². The summed E-state index contributed by atoms with van der Waals surface area (Å²) in [7, 11) is 0. The summed E-state index contributed by atoms with van der Waals surface area (Å²) in [6, 6.07) is 14.0. The Kier molecular flexibility index (Phi) is 5.11. The van der Waals surface area contributed by atoms with Crippen LogP contribution in [0.15, 0.2) is 48.5 Å². The van der Waals surface area contributed by atoms with Crippen molar-refractivity contribution in [3.63, 3.8) is 0 Å². The first-order chi connectivity index (χ1) is 13.5. The Morgan fingerprint density at radius 2 is 2.00 bits per heavy atom. The molecule has 1 aliphatic rings. The van der Waals surface area contributed by atoms with Gasteiger partial charge >= 0.3 is 0 Å². The van der Waals surface area contributed by atoms with Crippen LogP contribution < -0.4 is 11.1 Å². The van der Waals surface area contributed by atoms with Gasteiger partial charge in [0.1, 0.15) is 16.6 Å². The Hall–Kier alpha value is -2.77. The normalized spacial score (nSPS) is 15.1. The van der Waals surface area contributed by atoms with Crippen LogP contribution in [0.3, 0.4) is 0 Å². The molecule has 1 amide bonds. The average molecular weight is 396 g/mol. The molecule has 7 heteroatoms. The highest BCUT2D eigenvalue weighted by molar-refractivity contribution is 7.19. The van der Waals surface area contributed by atoms with Crippen LogP contribution in [0.25, 0.3) is 10.4 Å². The number of hydrogen-bond donors (Lipinski definition) is 2. The topological polar surface area (TPSA) is 71.2 Å². The summed E-state index contributed by atoms with van der Waals surface area (Å²) in [6.07, 6.45) is 1.23. The number of rotatable bonds is 6. The smallest absolute Gasteiger partial charge is 0.251 e. The summed E-state index contributed by atoms with van der Waals surface area (Å²) in [5.74, 6) is -0.150. The van der Waals surface area contributed by atoms with Crippen molar-refractivity contribution in [1.29, 1.82) is 0 Å². The first kappa shape index (κ1) is 18.6. The SMILES string of the molecule is CC(c1cccc(Nc2sc(-c3ccc(F)cc3)cc2C(N)=O)n1)N1CCC1. The Morgan fingerprint density at radius 3 is 2.64 bits per heavy atom. The molecular weight excluding hydrogens is 375 g/mol. The molecular formula is C21H21FN4OS. The Bertz CT molecular complexity index is 998. The highest BCUT2D eigenvalue weighted by Gasteiger charge is 2.23. The number of amides is 1. The monoisotopic (exact) mass is 396 g/mol. The first-order valence-electron chi connectivity index (χ1n) is 9.19. The number of primary amides is 1. The predicted molar refractivity (Wildman–Crippen MR) is 110 cm³/mol. The van der Waals surface area contributed by atoms with Crippen LogP contribution in [0.5, 0.6) is 0 Å². The maximum atomic E-state index is 13.2. The van der Waals surface area contributed by atoms with Gasteiger partial charge in [-0.15, -0.1) is 11.3 Å². The van der Waals surface area contributed by atoms with Crippen molar-refractivity contribution in [2.45, 2.75) is 19.4 Å². The number of carbonyl (C=O) groups excluding carboxylic acids is 1. The fourth-order valence-electron chi connectivity index (χ4n) is 3.21. The molecule has 0 bridgehead atoms. The van der Waals surface area contributed by atoms with Gasteiger partial charge in [0.05, 0.1) is 11.3 Å². The lowest BCUT2D eigenvalue weighted by Crippen LogP contribution is -2.39. The lowest BCUT2D eigenvalue weighted by Gasteiger charge is -2.36. The molecule has 2 aromatic heterocycles. The number of aromatic nitrogens is 1. The molecule has 28 heavy (non-hydrogen) atoms. The molecule has 3 aromatic rings. The maximum Gasteiger partial charge on any atom is 0.251 e. The van der Waals surface area contributed by atoms with Gasteiger partial charge in [0.25, 0.3) is 5.91 Å². The minimum atomic E-state index is -0.516. The molecule has 0 spiro atoms. The van der Waals surface area contributed by atoms with Crippen molar-refractivity contribution >= 4 is 28.1 Å². The van der Waals surface area contributed by atoms with Crippen molar-refractivity contribution in [3.8, 4) is 10.4 Å². The van der Waals surface area contributed by atoms with Crippen LogP contribution in [0, 0.1) is 5.82 Å². The average Bonchev–Trinajstić information content (AvgIpc) is 3.05. The van der Waals surface area contributed by atoms with Crippen LogP contribution in [0.2, 0.25) is 0 Å². The zero-order valence-electron chi connectivity index (χ0n) is 15.5. The Balaban J connectivity index is 1.62. The molecule has 0 radical (unpaired) electrons. The van der Waals surface area contributed by atoms with E-state index < -0.39 is 5.91 Å². The van der Waals surface area contributed by atoms with Crippen molar-refractivity contribution < 1.29 is 9.18 Å². The summed E-state index contributed by atoms with van der Waals surface area (Å²) in [5.41, 5.74) is 7.78. The molecule has 1 atom stereocenters. The molecule has 5 nitrogen and oxygen atoms in total. The third kappa shape index (κ3) is 3.76. The molecule has 0 aliphatic carbocycles. The standard InChI is InChI=1S/C21H21FN4OS/c1-13(26-10-3-11-26)17-4-2-5-19(24-17)25-21-16(20(23)27)12-18(28-21)14-6-8-15(22)9-7-14/h2,4-9,12-13H,3,10-11H2,1H3,(H2,23,27)(H,24,25). The third-order valence-electron chi connectivity index (χ3n) is 5.00. The minimum absolute atomic E-state index is 0.254. The number of nitrogens with two attached hydrogens (primary N) is 1. The van der Waals surface area contributed by atoms with Gasteiger partial charge in [0, 0.05) is 24.0 Å². The molecule has 1 saturated heterocycles. The van der Waals surface area contributed by atoms with E-state index in [2.05, 4.69) is 17.1 Å². The fourth-order valence-corrected chi connectivity index (χ4v) is 4.28. The van der Waals surface area contributed by atoms with Gasteiger partial charge in [0.2, 0.25) is 0 Å². The number of benzene rings is 1. The van der Waals surface area contributed by atoms with E-state index in [-0.39, 0.29) is 11.9 Å². The van der Waals surface area contributed by atoms with Gasteiger partial charge in [-0.2, -0.15) is 0 Å². The second-order valence-electron chi connectivity index (χ2n) is 6.86. The first-order valence-corrected chi connectivity index (χ1v) is 10.0. The van der Waals surface area contributed by atoms with Gasteiger partial charge in [-0.25, -0.2) is 9.37 Å². The van der Waals surface area contributed by atoms with E-state index in [0.717, 1.165) is 29.2 Å². The molecule has 1 aliphatic heterocycles. The molecule has 3 heterocycles. The number of likely N-dealkylation sites (tertiary alicyclic amines) is 1. The lowest BCUT2D eigenvalue weighted by atomic mass is 10.1. The van der Waals surface area contributed by atoms with Crippen LogP contribution in [0.1, 0.15) is 35.4 Å². The van der Waals surface area contributed by atoms with Crippen molar-refractivity contribution in [2.75, 3.05) is 18.4 Å². The second-order valence-corrected chi connectivity index (χ2v) is 7.91. The molecule has 1 unspecified atom stereocenters. The van der Waals surface area contributed by atoms with Crippen molar-refractivity contribution in [2.24, 2.45) is 5.73 Å². The Labute approximate surface area is 167 Å². The van der Waals surface area contributed by atoms with Gasteiger partial charge in [0.15, 0.2) is 0 Å². The predicted octanol–water partition coefficient (Wildman–Crippen LogP) is 4.56. The molecule has 4 rings (SSSR count).